The van der Waals surface area contributed by atoms with Crippen LogP contribution in [0.5, 0.6) is 0 Å². The zero-order valence-corrected chi connectivity index (χ0v) is 13.9. The van der Waals surface area contributed by atoms with Crippen LogP contribution < -0.4 is 5.32 Å². The zero-order chi connectivity index (χ0) is 14.0. The summed E-state index contributed by atoms with van der Waals surface area (Å²) in [4.78, 5) is 12.2. The molecule has 1 amide bonds. The maximum atomic E-state index is 12.2. The van der Waals surface area contributed by atoms with Crippen molar-refractivity contribution in [3.05, 3.63) is 61.5 Å². The van der Waals surface area contributed by atoms with Crippen LogP contribution in [0.25, 0.3) is 0 Å². The molecule has 19 heavy (non-hydrogen) atoms. The predicted molar refractivity (Wildman–Crippen MR) is 86.0 cm³/mol. The Labute approximate surface area is 133 Å². The van der Waals surface area contributed by atoms with E-state index in [0.29, 0.717) is 10.6 Å². The van der Waals surface area contributed by atoms with Gasteiger partial charge in [0, 0.05) is 19.5 Å². The Morgan fingerprint density at radius 2 is 1.89 bits per heavy atom. The molecule has 0 aromatic heterocycles. The highest BCUT2D eigenvalue weighted by Crippen LogP contribution is 2.25. The fraction of sp³-hybridized carbons (Fsp3) is 0.0714. The molecule has 98 valence electrons. The van der Waals surface area contributed by atoms with Crippen LogP contribution in [-0.2, 0) is 0 Å². The van der Waals surface area contributed by atoms with Crippen molar-refractivity contribution in [2.75, 3.05) is 5.32 Å². The first-order valence-electron chi connectivity index (χ1n) is 5.49. The Balaban J connectivity index is 2.28. The minimum Gasteiger partial charge on any atom is -0.321 e. The van der Waals surface area contributed by atoms with E-state index in [1.807, 2.05) is 25.1 Å². The van der Waals surface area contributed by atoms with E-state index in [-0.39, 0.29) is 5.91 Å². The Morgan fingerprint density at radius 1 is 1.16 bits per heavy atom. The zero-order valence-electron chi connectivity index (χ0n) is 10.0. The largest absolute Gasteiger partial charge is 0.321 e. The number of amides is 1. The van der Waals surface area contributed by atoms with Gasteiger partial charge in [0.15, 0.2) is 0 Å². The highest BCUT2D eigenvalue weighted by molar-refractivity contribution is 9.10. The molecular formula is C14H10Br2ClNO. The van der Waals surface area contributed by atoms with Gasteiger partial charge >= 0.3 is 0 Å². The predicted octanol–water partition coefficient (Wildman–Crippen LogP) is 5.43. The van der Waals surface area contributed by atoms with Crippen LogP contribution in [0.4, 0.5) is 5.69 Å². The van der Waals surface area contributed by atoms with Crippen LogP contribution in [0.15, 0.2) is 45.3 Å². The molecule has 0 spiro atoms. The fourth-order valence-electron chi connectivity index (χ4n) is 1.61. The molecule has 2 rings (SSSR count). The molecule has 0 fully saturated rings. The van der Waals surface area contributed by atoms with Crippen LogP contribution in [0.2, 0.25) is 5.02 Å². The first-order valence-corrected chi connectivity index (χ1v) is 7.46. The smallest absolute Gasteiger partial charge is 0.255 e. The van der Waals surface area contributed by atoms with Crippen molar-refractivity contribution in [2.24, 2.45) is 0 Å². The number of rotatable bonds is 2. The lowest BCUT2D eigenvalue weighted by Gasteiger charge is -2.09. The number of carbonyl (C=O) groups is 1. The lowest BCUT2D eigenvalue weighted by atomic mass is 10.2. The highest BCUT2D eigenvalue weighted by atomic mass is 79.9. The number of benzene rings is 2. The summed E-state index contributed by atoms with van der Waals surface area (Å²) in [6.07, 6.45) is 0. The van der Waals surface area contributed by atoms with E-state index in [9.17, 15) is 4.79 Å². The van der Waals surface area contributed by atoms with E-state index in [2.05, 4.69) is 37.2 Å². The Morgan fingerprint density at radius 3 is 2.58 bits per heavy atom. The van der Waals surface area contributed by atoms with Gasteiger partial charge in [0.1, 0.15) is 0 Å². The number of carbonyl (C=O) groups excluding carboxylic acids is 1. The number of anilines is 1. The van der Waals surface area contributed by atoms with Crippen molar-refractivity contribution >= 4 is 55.1 Å². The third kappa shape index (κ3) is 3.81. The van der Waals surface area contributed by atoms with E-state index in [0.717, 1.165) is 20.2 Å². The fourth-order valence-corrected chi connectivity index (χ4v) is 2.82. The van der Waals surface area contributed by atoms with Gasteiger partial charge in [0.25, 0.3) is 5.91 Å². The number of nitrogens with one attached hydrogen (secondary N) is 1. The quantitative estimate of drug-likeness (QED) is 0.712. The number of hydrogen-bond donors (Lipinski definition) is 1. The van der Waals surface area contributed by atoms with Crippen molar-refractivity contribution in [3.8, 4) is 0 Å². The molecule has 0 aliphatic carbocycles. The van der Waals surface area contributed by atoms with Gasteiger partial charge in [-0.15, -0.1) is 0 Å². The van der Waals surface area contributed by atoms with Gasteiger partial charge < -0.3 is 5.32 Å². The molecule has 0 aliphatic heterocycles. The summed E-state index contributed by atoms with van der Waals surface area (Å²) in [6, 6.07) is 10.9. The van der Waals surface area contributed by atoms with Crippen molar-refractivity contribution in [3.63, 3.8) is 0 Å². The number of aryl methyl sites for hydroxylation is 1. The van der Waals surface area contributed by atoms with Crippen LogP contribution >= 0.6 is 43.5 Å². The highest BCUT2D eigenvalue weighted by Gasteiger charge is 2.10. The van der Waals surface area contributed by atoms with Gasteiger partial charge in [-0.05, 0) is 58.7 Å². The molecule has 0 bridgehead atoms. The molecule has 2 aromatic carbocycles. The third-order valence-electron chi connectivity index (χ3n) is 2.49. The second-order valence-corrected chi connectivity index (χ2v) is 6.30. The molecule has 0 atom stereocenters. The number of halogens is 3. The normalized spacial score (nSPS) is 10.3. The summed E-state index contributed by atoms with van der Waals surface area (Å²) in [6.45, 7) is 1.97. The molecule has 0 saturated carbocycles. The van der Waals surface area contributed by atoms with E-state index in [4.69, 9.17) is 11.6 Å². The first-order chi connectivity index (χ1) is 8.95. The van der Waals surface area contributed by atoms with Crippen LogP contribution in [0.3, 0.4) is 0 Å². The van der Waals surface area contributed by atoms with Gasteiger partial charge in [-0.25, -0.2) is 0 Å². The maximum Gasteiger partial charge on any atom is 0.255 e. The SMILES string of the molecule is Cc1ccc(Br)c(NC(=O)c2cc(Cl)cc(Br)c2)c1. The van der Waals surface area contributed by atoms with Gasteiger partial charge in [-0.1, -0.05) is 33.6 Å². The van der Waals surface area contributed by atoms with Crippen molar-refractivity contribution < 1.29 is 4.79 Å². The average molecular weight is 404 g/mol. The Bertz CT molecular complexity index is 623. The second-order valence-electron chi connectivity index (χ2n) is 4.10. The standard InChI is InChI=1S/C14H10Br2ClNO/c1-8-2-3-12(16)13(4-8)18-14(19)9-5-10(15)7-11(17)6-9/h2-7H,1H3,(H,18,19). The van der Waals surface area contributed by atoms with Crippen molar-refractivity contribution in [1.82, 2.24) is 0 Å². The van der Waals surface area contributed by atoms with Crippen LogP contribution in [-0.4, -0.2) is 5.91 Å². The molecule has 2 nitrogen and oxygen atoms in total. The molecule has 0 saturated heterocycles. The first kappa shape index (κ1) is 14.6. The minimum atomic E-state index is -0.200. The van der Waals surface area contributed by atoms with Gasteiger partial charge in [0.05, 0.1) is 5.69 Å². The minimum absolute atomic E-state index is 0.200. The number of hydrogen-bond acceptors (Lipinski definition) is 1. The molecule has 1 N–H and O–H groups in total. The Hall–Kier alpha value is -0.840. The summed E-state index contributed by atoms with van der Waals surface area (Å²) >= 11 is 12.7. The van der Waals surface area contributed by atoms with Crippen LogP contribution in [0, 0.1) is 6.92 Å². The van der Waals surface area contributed by atoms with E-state index in [1.54, 1.807) is 18.2 Å². The molecular weight excluding hydrogens is 393 g/mol. The molecule has 0 radical (unpaired) electrons. The molecule has 0 unspecified atom stereocenters. The molecule has 5 heteroatoms. The Kier molecular flexibility index (Phi) is 4.66. The summed E-state index contributed by atoms with van der Waals surface area (Å²) in [7, 11) is 0. The topological polar surface area (TPSA) is 29.1 Å². The summed E-state index contributed by atoms with van der Waals surface area (Å²) < 4.78 is 1.61. The monoisotopic (exact) mass is 401 g/mol. The lowest BCUT2D eigenvalue weighted by molar-refractivity contribution is 0.102. The maximum absolute atomic E-state index is 12.2. The lowest BCUT2D eigenvalue weighted by Crippen LogP contribution is -2.12. The van der Waals surface area contributed by atoms with Crippen LogP contribution in [0.1, 0.15) is 15.9 Å². The van der Waals surface area contributed by atoms with Crippen molar-refractivity contribution in [1.29, 1.82) is 0 Å². The molecule has 2 aromatic rings. The average Bonchev–Trinajstić information content (AvgIpc) is 2.32. The molecule has 0 aliphatic rings. The van der Waals surface area contributed by atoms with Gasteiger partial charge in [-0.2, -0.15) is 0 Å². The van der Waals surface area contributed by atoms with E-state index < -0.39 is 0 Å². The van der Waals surface area contributed by atoms with Gasteiger partial charge in [0.2, 0.25) is 0 Å². The summed E-state index contributed by atoms with van der Waals surface area (Å²) in [5.74, 6) is -0.200. The second kappa shape index (κ2) is 6.07. The third-order valence-corrected chi connectivity index (χ3v) is 3.86. The van der Waals surface area contributed by atoms with Gasteiger partial charge in [-0.3, -0.25) is 4.79 Å². The van der Waals surface area contributed by atoms with Crippen molar-refractivity contribution in [2.45, 2.75) is 6.92 Å². The summed E-state index contributed by atoms with van der Waals surface area (Å²) in [5.41, 5.74) is 2.32. The summed E-state index contributed by atoms with van der Waals surface area (Å²) in [5, 5.41) is 3.37. The van der Waals surface area contributed by atoms with E-state index in [1.165, 1.54) is 0 Å². The van der Waals surface area contributed by atoms with E-state index >= 15 is 0 Å². The molecule has 0 heterocycles.